The first kappa shape index (κ1) is 10.3. The van der Waals surface area contributed by atoms with Gasteiger partial charge in [-0.25, -0.2) is 0 Å². The van der Waals surface area contributed by atoms with Crippen LogP contribution in [0.15, 0.2) is 30.3 Å². The van der Waals surface area contributed by atoms with Crippen molar-refractivity contribution in [3.8, 4) is 11.3 Å². The molecule has 0 aliphatic carbocycles. The van der Waals surface area contributed by atoms with Gasteiger partial charge in [0, 0.05) is 5.69 Å². The van der Waals surface area contributed by atoms with Crippen molar-refractivity contribution < 1.29 is 4.79 Å². The molecule has 1 amide bonds. The van der Waals surface area contributed by atoms with Gasteiger partial charge in [-0.1, -0.05) is 23.8 Å². The average Bonchev–Trinajstić information content (AvgIpc) is 2.60. The standard InChI is InChI=1S/C12H13N3O/c1-7-3-2-4-8(5-7)10-6-9(12(14)16)11(13)15-10/h2-6,15H,13H2,1H3,(H2,14,16). The Morgan fingerprint density at radius 1 is 1.31 bits per heavy atom. The molecule has 2 aromatic rings. The first-order chi connectivity index (χ1) is 7.58. The van der Waals surface area contributed by atoms with Crippen molar-refractivity contribution in [2.24, 2.45) is 5.73 Å². The smallest absolute Gasteiger partial charge is 0.252 e. The van der Waals surface area contributed by atoms with Crippen molar-refractivity contribution in [1.29, 1.82) is 0 Å². The van der Waals surface area contributed by atoms with Crippen LogP contribution in [0.1, 0.15) is 15.9 Å². The summed E-state index contributed by atoms with van der Waals surface area (Å²) in [5.41, 5.74) is 14.1. The lowest BCUT2D eigenvalue weighted by molar-refractivity contribution is 0.100. The Bertz CT molecular complexity index is 543. The number of benzene rings is 1. The van der Waals surface area contributed by atoms with Crippen LogP contribution in [0.25, 0.3) is 11.3 Å². The van der Waals surface area contributed by atoms with E-state index in [0.717, 1.165) is 16.8 Å². The normalized spacial score (nSPS) is 10.3. The molecule has 82 valence electrons. The van der Waals surface area contributed by atoms with E-state index in [9.17, 15) is 4.79 Å². The molecular weight excluding hydrogens is 202 g/mol. The second-order valence-corrected chi connectivity index (χ2v) is 3.74. The Morgan fingerprint density at radius 3 is 2.62 bits per heavy atom. The summed E-state index contributed by atoms with van der Waals surface area (Å²) in [5, 5.41) is 0. The maximum absolute atomic E-state index is 11.1. The summed E-state index contributed by atoms with van der Waals surface area (Å²) < 4.78 is 0. The lowest BCUT2D eigenvalue weighted by Crippen LogP contribution is -2.11. The molecule has 0 bridgehead atoms. The van der Waals surface area contributed by atoms with Crippen LogP contribution in [0.2, 0.25) is 0 Å². The Morgan fingerprint density at radius 2 is 2.06 bits per heavy atom. The molecule has 1 aromatic carbocycles. The zero-order valence-corrected chi connectivity index (χ0v) is 8.95. The number of aromatic amines is 1. The highest BCUT2D eigenvalue weighted by Gasteiger charge is 2.11. The van der Waals surface area contributed by atoms with E-state index in [0.29, 0.717) is 11.4 Å². The second-order valence-electron chi connectivity index (χ2n) is 3.74. The number of hydrogen-bond donors (Lipinski definition) is 3. The summed E-state index contributed by atoms with van der Waals surface area (Å²) in [5.74, 6) is -0.211. The van der Waals surface area contributed by atoms with Crippen LogP contribution >= 0.6 is 0 Å². The molecule has 0 aliphatic heterocycles. The zero-order valence-electron chi connectivity index (χ0n) is 8.95. The SMILES string of the molecule is Cc1cccc(-c2cc(C(N)=O)c(N)[nH]2)c1. The fourth-order valence-corrected chi connectivity index (χ4v) is 1.64. The maximum atomic E-state index is 11.1. The molecule has 0 saturated carbocycles. The molecule has 0 unspecified atom stereocenters. The summed E-state index contributed by atoms with van der Waals surface area (Å²) in [6, 6.07) is 9.59. The summed E-state index contributed by atoms with van der Waals surface area (Å²) in [4.78, 5) is 14.0. The minimum atomic E-state index is -0.521. The monoisotopic (exact) mass is 215 g/mol. The number of carbonyl (C=O) groups excluding carboxylic acids is 1. The van der Waals surface area contributed by atoms with Crippen LogP contribution in [0.3, 0.4) is 0 Å². The fraction of sp³-hybridized carbons (Fsp3) is 0.0833. The van der Waals surface area contributed by atoms with Crippen LogP contribution in [0.4, 0.5) is 5.82 Å². The molecule has 1 aromatic heterocycles. The minimum absolute atomic E-state index is 0.309. The van der Waals surface area contributed by atoms with Crippen molar-refractivity contribution in [1.82, 2.24) is 4.98 Å². The molecule has 16 heavy (non-hydrogen) atoms. The van der Waals surface area contributed by atoms with E-state index >= 15 is 0 Å². The number of aryl methyl sites for hydroxylation is 1. The van der Waals surface area contributed by atoms with Gasteiger partial charge < -0.3 is 16.5 Å². The van der Waals surface area contributed by atoms with Gasteiger partial charge >= 0.3 is 0 Å². The van der Waals surface area contributed by atoms with Crippen LogP contribution in [0, 0.1) is 6.92 Å². The molecule has 0 saturated heterocycles. The summed E-state index contributed by atoms with van der Waals surface area (Å²) in [7, 11) is 0. The number of nitrogens with two attached hydrogens (primary N) is 2. The number of hydrogen-bond acceptors (Lipinski definition) is 2. The van der Waals surface area contributed by atoms with Gasteiger partial charge in [-0.3, -0.25) is 4.79 Å². The lowest BCUT2D eigenvalue weighted by atomic mass is 10.1. The van der Waals surface area contributed by atoms with Crippen molar-refractivity contribution in [2.75, 3.05) is 5.73 Å². The van der Waals surface area contributed by atoms with Gasteiger partial charge in [-0.15, -0.1) is 0 Å². The maximum Gasteiger partial charge on any atom is 0.252 e. The van der Waals surface area contributed by atoms with Crippen LogP contribution < -0.4 is 11.5 Å². The molecule has 5 N–H and O–H groups in total. The molecule has 0 aliphatic rings. The number of carbonyl (C=O) groups is 1. The third-order valence-electron chi connectivity index (χ3n) is 2.44. The average molecular weight is 215 g/mol. The van der Waals surface area contributed by atoms with Crippen LogP contribution in [0.5, 0.6) is 0 Å². The first-order valence-corrected chi connectivity index (χ1v) is 4.93. The van der Waals surface area contributed by atoms with Gasteiger partial charge in [0.25, 0.3) is 5.91 Å². The minimum Gasteiger partial charge on any atom is -0.385 e. The number of aromatic nitrogens is 1. The van der Waals surface area contributed by atoms with Crippen molar-refractivity contribution in [3.05, 3.63) is 41.5 Å². The van der Waals surface area contributed by atoms with Gasteiger partial charge in [0.1, 0.15) is 5.82 Å². The van der Waals surface area contributed by atoms with E-state index in [4.69, 9.17) is 11.5 Å². The molecule has 4 heteroatoms. The zero-order chi connectivity index (χ0) is 11.7. The van der Waals surface area contributed by atoms with Gasteiger partial charge in [0.2, 0.25) is 0 Å². The fourth-order valence-electron chi connectivity index (χ4n) is 1.64. The Labute approximate surface area is 93.3 Å². The molecule has 0 radical (unpaired) electrons. The van der Waals surface area contributed by atoms with Crippen molar-refractivity contribution in [3.63, 3.8) is 0 Å². The number of anilines is 1. The lowest BCUT2D eigenvalue weighted by Gasteiger charge is -1.98. The number of amides is 1. The summed E-state index contributed by atoms with van der Waals surface area (Å²) >= 11 is 0. The predicted octanol–water partition coefficient (Wildman–Crippen LogP) is 1.67. The second kappa shape index (κ2) is 3.73. The Hall–Kier alpha value is -2.23. The van der Waals surface area contributed by atoms with Crippen LogP contribution in [-0.4, -0.2) is 10.9 Å². The van der Waals surface area contributed by atoms with Crippen LogP contribution in [-0.2, 0) is 0 Å². The van der Waals surface area contributed by atoms with Gasteiger partial charge in [0.05, 0.1) is 5.56 Å². The van der Waals surface area contributed by atoms with E-state index in [-0.39, 0.29) is 0 Å². The van der Waals surface area contributed by atoms with E-state index in [1.165, 1.54) is 0 Å². The predicted molar refractivity (Wildman–Crippen MR) is 63.9 cm³/mol. The van der Waals surface area contributed by atoms with Gasteiger partial charge in [0.15, 0.2) is 0 Å². The number of primary amides is 1. The third kappa shape index (κ3) is 1.77. The highest BCUT2D eigenvalue weighted by atomic mass is 16.1. The molecular formula is C12H13N3O. The number of nitrogens with one attached hydrogen (secondary N) is 1. The Balaban J connectivity index is 2.49. The van der Waals surface area contributed by atoms with E-state index < -0.39 is 5.91 Å². The van der Waals surface area contributed by atoms with E-state index in [1.807, 2.05) is 31.2 Å². The number of nitrogen functional groups attached to an aromatic ring is 1. The summed E-state index contributed by atoms with van der Waals surface area (Å²) in [6.07, 6.45) is 0. The first-order valence-electron chi connectivity index (χ1n) is 4.93. The largest absolute Gasteiger partial charge is 0.385 e. The van der Waals surface area contributed by atoms with Crippen molar-refractivity contribution >= 4 is 11.7 Å². The summed E-state index contributed by atoms with van der Waals surface area (Å²) in [6.45, 7) is 2.00. The number of H-pyrrole nitrogens is 1. The van der Waals surface area contributed by atoms with E-state index in [2.05, 4.69) is 4.98 Å². The van der Waals surface area contributed by atoms with Gasteiger partial charge in [-0.2, -0.15) is 0 Å². The van der Waals surface area contributed by atoms with Gasteiger partial charge in [-0.05, 0) is 24.6 Å². The molecule has 4 nitrogen and oxygen atoms in total. The highest BCUT2D eigenvalue weighted by molar-refractivity contribution is 5.98. The van der Waals surface area contributed by atoms with Crippen molar-refractivity contribution in [2.45, 2.75) is 6.92 Å². The van der Waals surface area contributed by atoms with E-state index in [1.54, 1.807) is 6.07 Å². The Kier molecular flexibility index (Phi) is 2.40. The third-order valence-corrected chi connectivity index (χ3v) is 2.44. The molecule has 0 spiro atoms. The molecule has 2 rings (SSSR count). The molecule has 0 fully saturated rings. The molecule has 1 heterocycles. The molecule has 0 atom stereocenters. The quantitative estimate of drug-likeness (QED) is 0.711. The number of rotatable bonds is 2. The topological polar surface area (TPSA) is 84.9 Å². The highest BCUT2D eigenvalue weighted by Crippen LogP contribution is 2.23.